The van der Waals surface area contributed by atoms with Crippen LogP contribution in [0.5, 0.6) is 0 Å². The van der Waals surface area contributed by atoms with E-state index in [9.17, 15) is 14.7 Å². The van der Waals surface area contributed by atoms with Crippen LogP contribution in [0.1, 0.15) is 40.5 Å². The highest BCUT2D eigenvalue weighted by Crippen LogP contribution is 2.31. The van der Waals surface area contributed by atoms with E-state index in [1.807, 2.05) is 0 Å². The number of aliphatic hydroxyl groups is 1. The van der Waals surface area contributed by atoms with Crippen LogP contribution in [0.4, 0.5) is 0 Å². The van der Waals surface area contributed by atoms with Crippen molar-refractivity contribution < 1.29 is 43.1 Å². The molecule has 2 heterocycles. The molecule has 0 aromatic heterocycles. The molecule has 9 heteroatoms. The van der Waals surface area contributed by atoms with E-state index in [2.05, 4.69) is 0 Å². The van der Waals surface area contributed by atoms with E-state index in [1.165, 1.54) is 21.0 Å². The van der Waals surface area contributed by atoms with Gasteiger partial charge in [0.1, 0.15) is 6.10 Å². The number of carbonyl (C=O) groups excluding carboxylic acids is 2. The van der Waals surface area contributed by atoms with Gasteiger partial charge in [0.15, 0.2) is 24.8 Å². The summed E-state index contributed by atoms with van der Waals surface area (Å²) < 4.78 is 33.4. The minimum absolute atomic E-state index is 0.399. The van der Waals surface area contributed by atoms with Gasteiger partial charge >= 0.3 is 11.9 Å². The smallest absolute Gasteiger partial charge is 0.303 e. The fourth-order valence-electron chi connectivity index (χ4n) is 3.20. The van der Waals surface area contributed by atoms with Gasteiger partial charge in [0, 0.05) is 27.4 Å². The molecule has 2 aliphatic heterocycles. The van der Waals surface area contributed by atoms with E-state index >= 15 is 0 Å². The third-order valence-electron chi connectivity index (χ3n) is 4.48. The molecule has 0 bridgehead atoms. The van der Waals surface area contributed by atoms with Gasteiger partial charge in [-0.15, -0.1) is 0 Å². The van der Waals surface area contributed by atoms with Crippen LogP contribution in [0.2, 0.25) is 0 Å². The number of rotatable bonds is 5. The van der Waals surface area contributed by atoms with Crippen LogP contribution < -0.4 is 0 Å². The van der Waals surface area contributed by atoms with Crippen LogP contribution in [-0.4, -0.2) is 73.4 Å². The molecular formula is C17H28O9. The average molecular weight is 376 g/mol. The van der Waals surface area contributed by atoms with Gasteiger partial charge < -0.3 is 33.5 Å². The molecule has 0 unspecified atom stereocenters. The van der Waals surface area contributed by atoms with Crippen LogP contribution in [0.15, 0.2) is 0 Å². The molecule has 0 radical (unpaired) electrons. The maximum atomic E-state index is 11.6. The maximum absolute atomic E-state index is 11.6. The molecule has 0 aliphatic carbocycles. The fourth-order valence-corrected chi connectivity index (χ4v) is 3.20. The standard InChI is InChI=1S/C17H28O9/c1-8-12(20)6-7-13(22-8)26-15-14(24-10(3)18)9(2)23-17(21-5)16(15)25-11(4)19/h8-9,12-17,20H,6-7H2,1-5H3/t8-,9-,12+,13-,14-,15-,16+,17-/m0/s1. The highest BCUT2D eigenvalue weighted by atomic mass is 16.7. The molecule has 150 valence electrons. The van der Waals surface area contributed by atoms with Crippen molar-refractivity contribution in [2.24, 2.45) is 0 Å². The lowest BCUT2D eigenvalue weighted by Crippen LogP contribution is -2.61. The van der Waals surface area contributed by atoms with Crippen LogP contribution in [-0.2, 0) is 38.0 Å². The Balaban J connectivity index is 2.23. The second-order valence-electron chi connectivity index (χ2n) is 6.61. The fraction of sp³-hybridized carbons (Fsp3) is 0.882. The van der Waals surface area contributed by atoms with E-state index in [1.54, 1.807) is 13.8 Å². The largest absolute Gasteiger partial charge is 0.457 e. The first kappa shape index (κ1) is 21.0. The van der Waals surface area contributed by atoms with Crippen molar-refractivity contribution in [3.63, 3.8) is 0 Å². The molecule has 2 saturated heterocycles. The monoisotopic (exact) mass is 376 g/mol. The predicted molar refractivity (Wildman–Crippen MR) is 86.9 cm³/mol. The zero-order valence-corrected chi connectivity index (χ0v) is 15.7. The lowest BCUT2D eigenvalue weighted by Gasteiger charge is -2.45. The summed E-state index contributed by atoms with van der Waals surface area (Å²) in [5.74, 6) is -1.05. The minimum Gasteiger partial charge on any atom is -0.457 e. The van der Waals surface area contributed by atoms with E-state index < -0.39 is 61.1 Å². The maximum Gasteiger partial charge on any atom is 0.303 e. The number of ether oxygens (including phenoxy) is 6. The number of hydrogen-bond acceptors (Lipinski definition) is 9. The van der Waals surface area contributed by atoms with E-state index in [4.69, 9.17) is 28.4 Å². The number of esters is 2. The van der Waals surface area contributed by atoms with Crippen molar-refractivity contribution in [1.82, 2.24) is 0 Å². The summed E-state index contributed by atoms with van der Waals surface area (Å²) >= 11 is 0. The highest BCUT2D eigenvalue weighted by Gasteiger charge is 2.50. The van der Waals surface area contributed by atoms with Crippen LogP contribution in [0.25, 0.3) is 0 Å². The van der Waals surface area contributed by atoms with Crippen molar-refractivity contribution in [2.75, 3.05) is 7.11 Å². The van der Waals surface area contributed by atoms with Crippen molar-refractivity contribution in [1.29, 1.82) is 0 Å². The molecule has 9 nitrogen and oxygen atoms in total. The number of aliphatic hydroxyl groups excluding tert-OH is 1. The number of hydrogen-bond donors (Lipinski definition) is 1. The van der Waals surface area contributed by atoms with Gasteiger partial charge in [-0.1, -0.05) is 0 Å². The second kappa shape index (κ2) is 9.09. The van der Waals surface area contributed by atoms with Crippen molar-refractivity contribution in [3.05, 3.63) is 0 Å². The molecule has 26 heavy (non-hydrogen) atoms. The van der Waals surface area contributed by atoms with Gasteiger partial charge in [-0.3, -0.25) is 9.59 Å². The Kier molecular flexibility index (Phi) is 7.36. The average Bonchev–Trinajstić information content (AvgIpc) is 2.55. The molecule has 0 spiro atoms. The first-order valence-corrected chi connectivity index (χ1v) is 8.74. The summed E-state index contributed by atoms with van der Waals surface area (Å²) in [5.41, 5.74) is 0. The van der Waals surface area contributed by atoms with Gasteiger partial charge in [0.25, 0.3) is 0 Å². The molecule has 0 aromatic carbocycles. The van der Waals surface area contributed by atoms with Gasteiger partial charge in [0.05, 0.1) is 18.3 Å². The van der Waals surface area contributed by atoms with E-state index in [0.29, 0.717) is 12.8 Å². The number of methoxy groups -OCH3 is 1. The normalized spacial score (nSPS) is 40.7. The lowest BCUT2D eigenvalue weighted by atomic mass is 9.98. The van der Waals surface area contributed by atoms with E-state index in [-0.39, 0.29) is 0 Å². The van der Waals surface area contributed by atoms with E-state index in [0.717, 1.165) is 0 Å². The third kappa shape index (κ3) is 5.14. The Morgan fingerprint density at radius 3 is 2.08 bits per heavy atom. The van der Waals surface area contributed by atoms with Gasteiger partial charge in [-0.2, -0.15) is 0 Å². The molecule has 2 rings (SSSR count). The Morgan fingerprint density at radius 1 is 0.923 bits per heavy atom. The molecule has 1 N–H and O–H groups in total. The Bertz CT molecular complexity index is 497. The third-order valence-corrected chi connectivity index (χ3v) is 4.48. The summed E-state index contributed by atoms with van der Waals surface area (Å²) in [7, 11) is 1.42. The van der Waals surface area contributed by atoms with Crippen LogP contribution >= 0.6 is 0 Å². The predicted octanol–water partition coefficient (Wildman–Crippen LogP) is 0.512. The summed E-state index contributed by atoms with van der Waals surface area (Å²) in [6.45, 7) is 6.01. The van der Waals surface area contributed by atoms with Gasteiger partial charge in [-0.05, 0) is 20.3 Å². The topological polar surface area (TPSA) is 110 Å². The lowest BCUT2D eigenvalue weighted by molar-refractivity contribution is -0.330. The SMILES string of the molecule is CO[C@H]1O[C@@H](C)[C@H](OC(C)=O)[C@H](O[C@H]2CC[C@@H](O)[C@H](C)O2)[C@H]1OC(C)=O. The summed E-state index contributed by atoms with van der Waals surface area (Å²) in [6, 6.07) is 0. The summed E-state index contributed by atoms with van der Waals surface area (Å²) in [4.78, 5) is 23.1. The molecule has 0 aromatic rings. The van der Waals surface area contributed by atoms with Crippen molar-refractivity contribution >= 4 is 11.9 Å². The zero-order chi connectivity index (χ0) is 19.4. The van der Waals surface area contributed by atoms with Crippen molar-refractivity contribution in [2.45, 2.75) is 89.7 Å². The Morgan fingerprint density at radius 2 is 1.54 bits per heavy atom. The molecule has 0 saturated carbocycles. The summed E-state index contributed by atoms with van der Waals surface area (Å²) in [5, 5.41) is 9.81. The highest BCUT2D eigenvalue weighted by molar-refractivity contribution is 5.67. The Labute approximate surface area is 152 Å². The quantitative estimate of drug-likeness (QED) is 0.686. The van der Waals surface area contributed by atoms with Crippen molar-refractivity contribution in [3.8, 4) is 0 Å². The minimum atomic E-state index is -0.941. The molecule has 0 amide bonds. The second-order valence-corrected chi connectivity index (χ2v) is 6.61. The van der Waals surface area contributed by atoms with Crippen LogP contribution in [0.3, 0.4) is 0 Å². The number of carbonyl (C=O) groups is 2. The summed E-state index contributed by atoms with van der Waals surface area (Å²) in [6.07, 6.45) is -4.67. The van der Waals surface area contributed by atoms with Gasteiger partial charge in [0.2, 0.25) is 0 Å². The van der Waals surface area contributed by atoms with Gasteiger partial charge in [-0.25, -0.2) is 0 Å². The first-order valence-electron chi connectivity index (χ1n) is 8.74. The molecule has 8 atom stereocenters. The molecule has 2 fully saturated rings. The van der Waals surface area contributed by atoms with Crippen LogP contribution in [0, 0.1) is 0 Å². The molecule has 2 aliphatic rings. The molecular weight excluding hydrogens is 348 g/mol. The Hall–Kier alpha value is -1.26. The zero-order valence-electron chi connectivity index (χ0n) is 15.7. The first-order chi connectivity index (χ1) is 12.2.